The third-order valence-corrected chi connectivity index (χ3v) is 4.72. The van der Waals surface area contributed by atoms with E-state index in [4.69, 9.17) is 32.7 Å². The number of hydrogen-bond acceptors (Lipinski definition) is 2. The fraction of sp³-hybridized carbons (Fsp3) is 0.294. The summed E-state index contributed by atoms with van der Waals surface area (Å²) in [6, 6.07) is 8.15. The van der Waals surface area contributed by atoms with Gasteiger partial charge in [-0.05, 0) is 39.9 Å². The van der Waals surface area contributed by atoms with Crippen LogP contribution < -0.4 is 0 Å². The van der Waals surface area contributed by atoms with E-state index in [2.05, 4.69) is 12.1 Å². The van der Waals surface area contributed by atoms with Crippen molar-refractivity contribution in [2.75, 3.05) is 14.2 Å². The standard InChI is InChI=1S/C17H16Cl2O2/c1-20-8-10-6-12-11-4-3-5-16(18)13(11)7-14(12)17(19)15(10)9-21-2/h3-6H,7-9H2,1-2H3. The number of rotatable bonds is 4. The van der Waals surface area contributed by atoms with Crippen molar-refractivity contribution in [3.8, 4) is 11.1 Å². The van der Waals surface area contributed by atoms with Crippen molar-refractivity contribution in [2.45, 2.75) is 19.6 Å². The Hall–Kier alpha value is -1.06. The zero-order chi connectivity index (χ0) is 15.0. The van der Waals surface area contributed by atoms with Crippen molar-refractivity contribution in [3.05, 3.63) is 56.6 Å². The monoisotopic (exact) mass is 322 g/mol. The lowest BCUT2D eigenvalue weighted by Gasteiger charge is -2.15. The summed E-state index contributed by atoms with van der Waals surface area (Å²) in [6.07, 6.45) is 0.771. The number of halogens is 2. The molecule has 1 aliphatic carbocycles. The molecule has 21 heavy (non-hydrogen) atoms. The molecule has 0 amide bonds. The Balaban J connectivity index is 2.21. The van der Waals surface area contributed by atoms with Crippen molar-refractivity contribution in [2.24, 2.45) is 0 Å². The Morgan fingerprint density at radius 3 is 2.48 bits per heavy atom. The quantitative estimate of drug-likeness (QED) is 0.683. The van der Waals surface area contributed by atoms with Crippen LogP contribution in [0.3, 0.4) is 0 Å². The van der Waals surface area contributed by atoms with Gasteiger partial charge < -0.3 is 9.47 Å². The van der Waals surface area contributed by atoms with E-state index in [1.165, 1.54) is 5.56 Å². The van der Waals surface area contributed by atoms with E-state index >= 15 is 0 Å². The highest BCUT2D eigenvalue weighted by Gasteiger charge is 2.26. The molecule has 0 spiro atoms. The minimum absolute atomic E-state index is 0.481. The van der Waals surface area contributed by atoms with Gasteiger partial charge in [0.15, 0.2) is 0 Å². The molecule has 0 aromatic heterocycles. The molecule has 0 atom stereocenters. The molecule has 110 valence electrons. The smallest absolute Gasteiger partial charge is 0.0731 e. The van der Waals surface area contributed by atoms with Gasteiger partial charge in [0.05, 0.1) is 18.2 Å². The SMILES string of the molecule is COCc1cc2c(c(Cl)c1COC)Cc1c(Cl)cccc1-2. The van der Waals surface area contributed by atoms with Gasteiger partial charge in [-0.1, -0.05) is 35.3 Å². The summed E-state index contributed by atoms with van der Waals surface area (Å²) in [6.45, 7) is 0.997. The minimum atomic E-state index is 0.481. The van der Waals surface area contributed by atoms with E-state index < -0.39 is 0 Å². The number of methoxy groups -OCH3 is 2. The molecule has 2 nitrogen and oxygen atoms in total. The molecule has 0 heterocycles. The predicted octanol–water partition coefficient (Wildman–Crippen LogP) is 4.86. The third-order valence-electron chi connectivity index (χ3n) is 3.91. The van der Waals surface area contributed by atoms with Crippen LogP contribution in [0.15, 0.2) is 24.3 Å². The second-order valence-electron chi connectivity index (χ2n) is 5.16. The van der Waals surface area contributed by atoms with Gasteiger partial charge >= 0.3 is 0 Å². The maximum absolute atomic E-state index is 6.64. The van der Waals surface area contributed by atoms with Gasteiger partial charge in [0.25, 0.3) is 0 Å². The van der Waals surface area contributed by atoms with E-state index in [-0.39, 0.29) is 0 Å². The molecule has 0 N–H and O–H groups in total. The average Bonchev–Trinajstić information content (AvgIpc) is 2.84. The van der Waals surface area contributed by atoms with Crippen LogP contribution in [0.4, 0.5) is 0 Å². The first-order valence-electron chi connectivity index (χ1n) is 6.76. The normalized spacial score (nSPS) is 12.4. The molecule has 0 radical (unpaired) electrons. The molecule has 1 aliphatic rings. The highest BCUT2D eigenvalue weighted by atomic mass is 35.5. The van der Waals surface area contributed by atoms with Gasteiger partial charge in [-0.15, -0.1) is 0 Å². The van der Waals surface area contributed by atoms with E-state index in [1.807, 2.05) is 12.1 Å². The van der Waals surface area contributed by atoms with Gasteiger partial charge in [-0.2, -0.15) is 0 Å². The molecule has 0 saturated heterocycles. The molecule has 3 rings (SSSR count). The molecule has 2 aromatic carbocycles. The summed E-state index contributed by atoms with van der Waals surface area (Å²) in [4.78, 5) is 0. The Bertz CT molecular complexity index is 696. The van der Waals surface area contributed by atoms with Gasteiger partial charge in [0, 0.05) is 31.2 Å². The summed E-state index contributed by atoms with van der Waals surface area (Å²) >= 11 is 13.0. The Morgan fingerprint density at radius 2 is 1.76 bits per heavy atom. The zero-order valence-corrected chi connectivity index (χ0v) is 13.5. The maximum atomic E-state index is 6.64. The minimum Gasteiger partial charge on any atom is -0.380 e. The Morgan fingerprint density at radius 1 is 1.00 bits per heavy atom. The molecule has 0 fully saturated rings. The lowest BCUT2D eigenvalue weighted by Crippen LogP contribution is -2.01. The van der Waals surface area contributed by atoms with Crippen molar-refractivity contribution < 1.29 is 9.47 Å². The van der Waals surface area contributed by atoms with Crippen LogP contribution in [0.1, 0.15) is 22.3 Å². The van der Waals surface area contributed by atoms with E-state index in [1.54, 1.807) is 14.2 Å². The van der Waals surface area contributed by atoms with Crippen LogP contribution in [0.25, 0.3) is 11.1 Å². The molecule has 0 unspecified atom stereocenters. The van der Waals surface area contributed by atoms with Crippen LogP contribution in [-0.4, -0.2) is 14.2 Å². The van der Waals surface area contributed by atoms with Crippen LogP contribution in [-0.2, 0) is 29.1 Å². The van der Waals surface area contributed by atoms with Crippen molar-refractivity contribution in [1.29, 1.82) is 0 Å². The highest BCUT2D eigenvalue weighted by molar-refractivity contribution is 6.34. The number of hydrogen-bond donors (Lipinski definition) is 0. The molecule has 0 saturated carbocycles. The van der Waals surface area contributed by atoms with Gasteiger partial charge in [0.1, 0.15) is 0 Å². The lowest BCUT2D eigenvalue weighted by molar-refractivity contribution is 0.168. The van der Waals surface area contributed by atoms with E-state index in [0.29, 0.717) is 13.2 Å². The van der Waals surface area contributed by atoms with Gasteiger partial charge in [0.2, 0.25) is 0 Å². The van der Waals surface area contributed by atoms with Crippen molar-refractivity contribution >= 4 is 23.2 Å². The van der Waals surface area contributed by atoms with Crippen LogP contribution in [0.5, 0.6) is 0 Å². The molecule has 4 heteroatoms. The largest absolute Gasteiger partial charge is 0.380 e. The zero-order valence-electron chi connectivity index (χ0n) is 12.0. The summed E-state index contributed by atoms with van der Waals surface area (Å²) in [7, 11) is 3.36. The Kier molecular flexibility index (Phi) is 4.23. The highest BCUT2D eigenvalue weighted by Crippen LogP contribution is 2.45. The summed E-state index contributed by atoms with van der Waals surface area (Å²) in [5.74, 6) is 0. The van der Waals surface area contributed by atoms with Crippen LogP contribution in [0.2, 0.25) is 10.0 Å². The van der Waals surface area contributed by atoms with E-state index in [9.17, 15) is 0 Å². The first-order chi connectivity index (χ1) is 10.2. The molecular formula is C17H16Cl2O2. The summed E-state index contributed by atoms with van der Waals surface area (Å²) in [5.41, 5.74) is 6.67. The fourth-order valence-corrected chi connectivity index (χ4v) is 3.54. The van der Waals surface area contributed by atoms with Crippen molar-refractivity contribution in [3.63, 3.8) is 0 Å². The predicted molar refractivity (Wildman–Crippen MR) is 86.1 cm³/mol. The van der Waals surface area contributed by atoms with Crippen molar-refractivity contribution in [1.82, 2.24) is 0 Å². The topological polar surface area (TPSA) is 18.5 Å². The van der Waals surface area contributed by atoms with Crippen LogP contribution >= 0.6 is 23.2 Å². The lowest BCUT2D eigenvalue weighted by atomic mass is 9.98. The number of fused-ring (bicyclic) bond motifs is 3. The van der Waals surface area contributed by atoms with Gasteiger partial charge in [-0.25, -0.2) is 0 Å². The second kappa shape index (κ2) is 5.98. The first kappa shape index (κ1) is 14.9. The molecule has 0 aliphatic heterocycles. The molecule has 2 aromatic rings. The Labute approximate surface area is 134 Å². The summed E-state index contributed by atoms with van der Waals surface area (Å²) < 4.78 is 10.6. The molecular weight excluding hydrogens is 307 g/mol. The summed E-state index contributed by atoms with van der Waals surface area (Å²) in [5, 5.41) is 1.56. The maximum Gasteiger partial charge on any atom is 0.0731 e. The average molecular weight is 323 g/mol. The van der Waals surface area contributed by atoms with Crippen LogP contribution in [0, 0.1) is 0 Å². The fourth-order valence-electron chi connectivity index (χ4n) is 2.96. The van der Waals surface area contributed by atoms with E-state index in [0.717, 1.165) is 44.3 Å². The first-order valence-corrected chi connectivity index (χ1v) is 7.51. The molecule has 0 bridgehead atoms. The third kappa shape index (κ3) is 2.47. The second-order valence-corrected chi connectivity index (χ2v) is 5.95. The number of benzene rings is 2. The number of ether oxygens (including phenoxy) is 2. The van der Waals surface area contributed by atoms with Gasteiger partial charge in [-0.3, -0.25) is 0 Å².